The molecule has 1 aromatic heterocycles. The van der Waals surface area contributed by atoms with Crippen LogP contribution in [0.15, 0.2) is 70.4 Å². The second kappa shape index (κ2) is 8.46. The minimum absolute atomic E-state index is 0.0105. The van der Waals surface area contributed by atoms with E-state index in [0.29, 0.717) is 0 Å². The van der Waals surface area contributed by atoms with Gasteiger partial charge in [-0.3, -0.25) is 4.79 Å². The summed E-state index contributed by atoms with van der Waals surface area (Å²) in [5.74, 6) is -1.49. The van der Waals surface area contributed by atoms with E-state index in [-0.39, 0.29) is 22.2 Å². The lowest BCUT2D eigenvalue weighted by molar-refractivity contribution is 0.0515. The number of aromatic nitrogens is 2. The molecule has 3 aromatic rings. The van der Waals surface area contributed by atoms with Gasteiger partial charge in [0.1, 0.15) is 4.90 Å². The molecule has 10 heteroatoms. The molecule has 0 bridgehead atoms. The first-order valence-electron chi connectivity index (χ1n) is 8.39. The van der Waals surface area contributed by atoms with Crippen LogP contribution in [-0.4, -0.2) is 30.8 Å². The van der Waals surface area contributed by atoms with Gasteiger partial charge in [-0.15, -0.1) is 0 Å². The Morgan fingerprint density at radius 1 is 1.10 bits per heavy atom. The zero-order chi connectivity index (χ0) is 21.0. The van der Waals surface area contributed by atoms with Crippen LogP contribution in [0.2, 0.25) is 5.02 Å². The number of rotatable bonds is 6. The zero-order valence-electron chi connectivity index (χ0n) is 15.1. The number of carbonyl (C=O) groups is 1. The molecular formula is C19H15ClN2O6S. The SMILES string of the molecule is CCOC(=O)c1nn(-c2ccccc2Cl)c(=O)cc1OS(=O)(=O)c1ccccc1. The third-order valence-corrected chi connectivity index (χ3v) is 5.25. The summed E-state index contributed by atoms with van der Waals surface area (Å²) in [6, 6.07) is 14.5. The topological polar surface area (TPSA) is 105 Å². The second-order valence-electron chi connectivity index (χ2n) is 5.63. The lowest BCUT2D eigenvalue weighted by Gasteiger charge is -2.13. The molecule has 0 saturated heterocycles. The Morgan fingerprint density at radius 3 is 2.41 bits per heavy atom. The van der Waals surface area contributed by atoms with Gasteiger partial charge < -0.3 is 8.92 Å². The lowest BCUT2D eigenvalue weighted by atomic mass is 10.3. The minimum Gasteiger partial charge on any atom is -0.461 e. The molecule has 0 N–H and O–H groups in total. The molecule has 0 atom stereocenters. The molecule has 0 aliphatic rings. The smallest absolute Gasteiger partial charge is 0.362 e. The molecule has 1 heterocycles. The second-order valence-corrected chi connectivity index (χ2v) is 7.58. The standard InChI is InChI=1S/C19H15ClN2O6S/c1-2-27-19(24)18-16(28-29(25,26)13-8-4-3-5-9-13)12-17(23)22(21-18)15-11-7-6-10-14(15)20/h3-12H,2H2,1H3. The van der Waals surface area contributed by atoms with Crippen LogP contribution in [0.1, 0.15) is 17.4 Å². The van der Waals surface area contributed by atoms with Gasteiger partial charge in [-0.25, -0.2) is 4.79 Å². The van der Waals surface area contributed by atoms with E-state index >= 15 is 0 Å². The summed E-state index contributed by atoms with van der Waals surface area (Å²) in [6.07, 6.45) is 0. The van der Waals surface area contributed by atoms with E-state index in [4.69, 9.17) is 20.5 Å². The highest BCUT2D eigenvalue weighted by atomic mass is 35.5. The Labute approximate surface area is 171 Å². The van der Waals surface area contributed by atoms with Crippen molar-refractivity contribution in [3.8, 4) is 11.4 Å². The molecule has 150 valence electrons. The summed E-state index contributed by atoms with van der Waals surface area (Å²) in [5, 5.41) is 4.17. The van der Waals surface area contributed by atoms with Crippen molar-refractivity contribution in [1.29, 1.82) is 0 Å². The number of ether oxygens (including phenoxy) is 1. The highest BCUT2D eigenvalue weighted by Crippen LogP contribution is 2.23. The molecule has 0 spiro atoms. The van der Waals surface area contributed by atoms with Crippen molar-refractivity contribution < 1.29 is 22.1 Å². The van der Waals surface area contributed by atoms with Crippen LogP contribution in [0.5, 0.6) is 5.75 Å². The summed E-state index contributed by atoms with van der Waals surface area (Å²) in [6.45, 7) is 1.58. The molecular weight excluding hydrogens is 420 g/mol. The van der Waals surface area contributed by atoms with Crippen LogP contribution < -0.4 is 9.74 Å². The summed E-state index contributed by atoms with van der Waals surface area (Å²) in [4.78, 5) is 24.8. The van der Waals surface area contributed by atoms with Crippen molar-refractivity contribution >= 4 is 27.7 Å². The van der Waals surface area contributed by atoms with Gasteiger partial charge in [-0.2, -0.15) is 18.2 Å². The maximum Gasteiger partial charge on any atom is 0.362 e. The van der Waals surface area contributed by atoms with Crippen LogP contribution in [0.3, 0.4) is 0 Å². The molecule has 8 nitrogen and oxygen atoms in total. The van der Waals surface area contributed by atoms with Crippen LogP contribution in [-0.2, 0) is 14.9 Å². The zero-order valence-corrected chi connectivity index (χ0v) is 16.7. The van der Waals surface area contributed by atoms with Crippen molar-refractivity contribution in [2.24, 2.45) is 0 Å². The Kier molecular flexibility index (Phi) is 6.00. The van der Waals surface area contributed by atoms with E-state index in [1.807, 2.05) is 0 Å². The van der Waals surface area contributed by atoms with Gasteiger partial charge in [-0.1, -0.05) is 41.9 Å². The Bertz CT molecular complexity index is 1210. The van der Waals surface area contributed by atoms with Crippen LogP contribution >= 0.6 is 11.6 Å². The molecule has 29 heavy (non-hydrogen) atoms. The fourth-order valence-electron chi connectivity index (χ4n) is 2.39. The average molecular weight is 435 g/mol. The van der Waals surface area contributed by atoms with Crippen LogP contribution in [0.25, 0.3) is 5.69 Å². The molecule has 0 aliphatic carbocycles. The monoisotopic (exact) mass is 434 g/mol. The molecule has 0 radical (unpaired) electrons. The third kappa shape index (κ3) is 4.47. The molecule has 0 saturated carbocycles. The molecule has 3 rings (SSSR count). The average Bonchev–Trinajstić information content (AvgIpc) is 2.69. The van der Waals surface area contributed by atoms with Crippen molar-refractivity contribution in [1.82, 2.24) is 9.78 Å². The van der Waals surface area contributed by atoms with Gasteiger partial charge in [-0.05, 0) is 31.2 Å². The number of esters is 1. The van der Waals surface area contributed by atoms with E-state index < -0.39 is 33.1 Å². The first-order valence-corrected chi connectivity index (χ1v) is 10.2. The van der Waals surface area contributed by atoms with Crippen molar-refractivity contribution in [3.05, 3.63) is 81.7 Å². The number of para-hydroxylation sites is 1. The minimum atomic E-state index is -4.31. The number of halogens is 1. The first kappa shape index (κ1) is 20.6. The summed E-state index contributed by atoms with van der Waals surface area (Å²) in [7, 11) is -4.31. The molecule has 0 fully saturated rings. The summed E-state index contributed by atoms with van der Waals surface area (Å²) in [5.41, 5.74) is -1.02. The van der Waals surface area contributed by atoms with Crippen molar-refractivity contribution in [2.75, 3.05) is 6.61 Å². The van der Waals surface area contributed by atoms with E-state index in [0.717, 1.165) is 10.7 Å². The van der Waals surface area contributed by atoms with E-state index in [1.54, 1.807) is 31.2 Å². The molecule has 0 aliphatic heterocycles. The van der Waals surface area contributed by atoms with Crippen LogP contribution in [0.4, 0.5) is 0 Å². The first-order chi connectivity index (χ1) is 13.8. The fraction of sp³-hybridized carbons (Fsp3) is 0.105. The third-order valence-electron chi connectivity index (χ3n) is 3.68. The Balaban J connectivity index is 2.14. The van der Waals surface area contributed by atoms with Gasteiger partial charge in [0.25, 0.3) is 5.56 Å². The molecule has 0 unspecified atom stereocenters. The van der Waals surface area contributed by atoms with Crippen LogP contribution in [0, 0.1) is 0 Å². The van der Waals surface area contributed by atoms with E-state index in [1.165, 1.54) is 30.3 Å². The largest absolute Gasteiger partial charge is 0.461 e. The Morgan fingerprint density at radius 2 is 1.76 bits per heavy atom. The maximum absolute atomic E-state index is 12.6. The summed E-state index contributed by atoms with van der Waals surface area (Å²) < 4.78 is 35.9. The van der Waals surface area contributed by atoms with Gasteiger partial charge in [0.15, 0.2) is 5.75 Å². The lowest BCUT2D eigenvalue weighted by Crippen LogP contribution is -2.26. The molecule has 0 amide bonds. The number of hydrogen-bond donors (Lipinski definition) is 0. The molecule has 2 aromatic carbocycles. The normalized spacial score (nSPS) is 11.1. The Hall–Kier alpha value is -3.17. The predicted octanol–water partition coefficient (Wildman–Crippen LogP) is 2.83. The van der Waals surface area contributed by atoms with Gasteiger partial charge in [0, 0.05) is 0 Å². The van der Waals surface area contributed by atoms with Crippen molar-refractivity contribution in [2.45, 2.75) is 11.8 Å². The van der Waals surface area contributed by atoms with E-state index in [2.05, 4.69) is 5.10 Å². The number of hydrogen-bond acceptors (Lipinski definition) is 7. The highest BCUT2D eigenvalue weighted by molar-refractivity contribution is 7.87. The number of nitrogens with zero attached hydrogens (tertiary/aromatic N) is 2. The maximum atomic E-state index is 12.6. The highest BCUT2D eigenvalue weighted by Gasteiger charge is 2.25. The van der Waals surface area contributed by atoms with Gasteiger partial charge >= 0.3 is 16.1 Å². The predicted molar refractivity (Wildman–Crippen MR) is 105 cm³/mol. The summed E-state index contributed by atoms with van der Waals surface area (Å²) >= 11 is 6.11. The quantitative estimate of drug-likeness (QED) is 0.434. The fourth-order valence-corrected chi connectivity index (χ4v) is 3.56. The number of carbonyl (C=O) groups excluding carboxylic acids is 1. The van der Waals surface area contributed by atoms with Gasteiger partial charge in [0.05, 0.1) is 23.4 Å². The number of benzene rings is 2. The van der Waals surface area contributed by atoms with Gasteiger partial charge in [0.2, 0.25) is 5.69 Å². The van der Waals surface area contributed by atoms with Crippen molar-refractivity contribution in [3.63, 3.8) is 0 Å². The van der Waals surface area contributed by atoms with E-state index in [9.17, 15) is 18.0 Å².